The molecule has 1 heterocycles. The van der Waals surface area contributed by atoms with E-state index in [0.717, 1.165) is 10.5 Å². The Kier molecular flexibility index (Phi) is 3.88. The molecular formula is C12H14N2O3S. The van der Waals surface area contributed by atoms with Gasteiger partial charge in [0.15, 0.2) is 0 Å². The Labute approximate surface area is 109 Å². The average Bonchev–Trinajstić information content (AvgIpc) is 2.41. The van der Waals surface area contributed by atoms with Gasteiger partial charge in [0.25, 0.3) is 0 Å². The number of anilines is 1. The van der Waals surface area contributed by atoms with Crippen molar-refractivity contribution in [2.45, 2.75) is 11.5 Å². The molecule has 1 aliphatic rings. The number of hydrogen-bond donors (Lipinski definition) is 2. The summed E-state index contributed by atoms with van der Waals surface area (Å²) >= 11 is 1.45. The Bertz CT molecular complexity index is 490. The van der Waals surface area contributed by atoms with Crippen LogP contribution in [0.3, 0.4) is 0 Å². The molecule has 0 saturated carbocycles. The van der Waals surface area contributed by atoms with E-state index in [0.29, 0.717) is 11.4 Å². The lowest BCUT2D eigenvalue weighted by Gasteiger charge is -2.28. The van der Waals surface area contributed by atoms with Gasteiger partial charge in [-0.25, -0.2) is 0 Å². The standard InChI is InChI=1S/C12H14N2O3S/c1-13-11(16)5-14-9-4-8(6-15)2-3-10(9)18-7-12(14)17/h2-4,15H,5-7H2,1H3,(H,13,16). The first-order chi connectivity index (χ1) is 8.65. The first-order valence-electron chi connectivity index (χ1n) is 5.53. The Hall–Kier alpha value is -1.53. The second-order valence-electron chi connectivity index (χ2n) is 3.90. The van der Waals surface area contributed by atoms with Crippen LogP contribution in [-0.2, 0) is 16.2 Å². The summed E-state index contributed by atoms with van der Waals surface area (Å²) in [6, 6.07) is 5.44. The second-order valence-corrected chi connectivity index (χ2v) is 4.92. The van der Waals surface area contributed by atoms with Crippen LogP contribution in [0.1, 0.15) is 5.56 Å². The van der Waals surface area contributed by atoms with Crippen LogP contribution in [0.15, 0.2) is 23.1 Å². The number of fused-ring (bicyclic) bond motifs is 1. The predicted molar refractivity (Wildman–Crippen MR) is 69.5 cm³/mol. The lowest BCUT2D eigenvalue weighted by Crippen LogP contribution is -2.42. The minimum Gasteiger partial charge on any atom is -0.392 e. The van der Waals surface area contributed by atoms with E-state index in [2.05, 4.69) is 5.32 Å². The maximum atomic E-state index is 11.9. The van der Waals surface area contributed by atoms with Gasteiger partial charge < -0.3 is 15.3 Å². The highest BCUT2D eigenvalue weighted by Gasteiger charge is 2.26. The van der Waals surface area contributed by atoms with Gasteiger partial charge >= 0.3 is 0 Å². The molecule has 0 unspecified atom stereocenters. The molecule has 0 saturated heterocycles. The zero-order valence-electron chi connectivity index (χ0n) is 9.97. The number of likely N-dealkylation sites (N-methyl/N-ethyl adjacent to an activating group) is 1. The zero-order chi connectivity index (χ0) is 13.1. The Morgan fingerprint density at radius 2 is 2.33 bits per heavy atom. The van der Waals surface area contributed by atoms with Gasteiger partial charge in [-0.15, -0.1) is 11.8 Å². The highest BCUT2D eigenvalue weighted by atomic mass is 32.2. The molecule has 2 rings (SSSR count). The molecule has 0 spiro atoms. The van der Waals surface area contributed by atoms with Crippen molar-refractivity contribution in [3.05, 3.63) is 23.8 Å². The van der Waals surface area contributed by atoms with Crippen LogP contribution in [0, 0.1) is 0 Å². The highest BCUT2D eigenvalue weighted by molar-refractivity contribution is 8.00. The van der Waals surface area contributed by atoms with Gasteiger partial charge in [-0.2, -0.15) is 0 Å². The number of nitrogens with zero attached hydrogens (tertiary/aromatic N) is 1. The van der Waals surface area contributed by atoms with E-state index < -0.39 is 0 Å². The molecule has 0 aliphatic carbocycles. The highest BCUT2D eigenvalue weighted by Crippen LogP contribution is 2.35. The number of amides is 2. The van der Waals surface area contributed by atoms with E-state index in [4.69, 9.17) is 5.11 Å². The number of aliphatic hydroxyl groups is 1. The molecule has 0 fully saturated rings. The summed E-state index contributed by atoms with van der Waals surface area (Å²) in [6.07, 6.45) is 0. The number of benzene rings is 1. The molecule has 1 aliphatic heterocycles. The summed E-state index contributed by atoms with van der Waals surface area (Å²) in [4.78, 5) is 25.7. The van der Waals surface area contributed by atoms with Crippen molar-refractivity contribution in [1.29, 1.82) is 0 Å². The fourth-order valence-electron chi connectivity index (χ4n) is 1.74. The van der Waals surface area contributed by atoms with Crippen molar-refractivity contribution < 1.29 is 14.7 Å². The molecule has 96 valence electrons. The van der Waals surface area contributed by atoms with Crippen LogP contribution in [0.4, 0.5) is 5.69 Å². The summed E-state index contributed by atoms with van der Waals surface area (Å²) < 4.78 is 0. The van der Waals surface area contributed by atoms with Crippen LogP contribution < -0.4 is 10.2 Å². The number of aliphatic hydroxyl groups excluding tert-OH is 1. The molecule has 1 aromatic rings. The summed E-state index contributed by atoms with van der Waals surface area (Å²) in [6.45, 7) is -0.0717. The van der Waals surface area contributed by atoms with Crippen LogP contribution in [0.5, 0.6) is 0 Å². The SMILES string of the molecule is CNC(=O)CN1C(=O)CSc2ccc(CO)cc21. The minimum absolute atomic E-state index is 0.0117. The lowest BCUT2D eigenvalue weighted by molar-refractivity contribution is -0.122. The molecule has 18 heavy (non-hydrogen) atoms. The van der Waals surface area contributed by atoms with E-state index in [1.54, 1.807) is 6.07 Å². The first kappa shape index (κ1) is 12.9. The number of thioether (sulfide) groups is 1. The summed E-state index contributed by atoms with van der Waals surface area (Å²) in [5.41, 5.74) is 1.43. The van der Waals surface area contributed by atoms with Crippen LogP contribution >= 0.6 is 11.8 Å². The van der Waals surface area contributed by atoms with Gasteiger partial charge in [0.05, 0.1) is 18.0 Å². The van der Waals surface area contributed by atoms with E-state index >= 15 is 0 Å². The fourth-order valence-corrected chi connectivity index (χ4v) is 2.66. The van der Waals surface area contributed by atoms with E-state index in [9.17, 15) is 9.59 Å². The lowest BCUT2D eigenvalue weighted by atomic mass is 10.2. The van der Waals surface area contributed by atoms with E-state index in [1.807, 2.05) is 12.1 Å². The fraction of sp³-hybridized carbons (Fsp3) is 0.333. The molecule has 1 aromatic carbocycles. The molecule has 2 N–H and O–H groups in total. The van der Waals surface area contributed by atoms with Gasteiger partial charge in [0.2, 0.25) is 11.8 Å². The van der Waals surface area contributed by atoms with Crippen molar-refractivity contribution in [1.82, 2.24) is 5.32 Å². The molecule has 0 bridgehead atoms. The third kappa shape index (κ3) is 2.49. The minimum atomic E-state index is -0.212. The number of nitrogens with one attached hydrogen (secondary N) is 1. The Morgan fingerprint density at radius 3 is 3.00 bits per heavy atom. The molecule has 6 heteroatoms. The second kappa shape index (κ2) is 5.41. The molecule has 2 amide bonds. The van der Waals surface area contributed by atoms with Gasteiger partial charge in [-0.05, 0) is 17.7 Å². The Morgan fingerprint density at radius 1 is 1.56 bits per heavy atom. The number of carbonyl (C=O) groups is 2. The van der Waals surface area contributed by atoms with E-state index in [-0.39, 0.29) is 25.0 Å². The van der Waals surface area contributed by atoms with Crippen molar-refractivity contribution in [2.75, 3.05) is 24.2 Å². The van der Waals surface area contributed by atoms with E-state index in [1.165, 1.54) is 23.7 Å². The smallest absolute Gasteiger partial charge is 0.239 e. The van der Waals surface area contributed by atoms with Crippen molar-refractivity contribution in [2.24, 2.45) is 0 Å². The van der Waals surface area contributed by atoms with Gasteiger partial charge in [-0.3, -0.25) is 9.59 Å². The third-order valence-corrected chi connectivity index (χ3v) is 3.78. The maximum Gasteiger partial charge on any atom is 0.239 e. The van der Waals surface area contributed by atoms with Gasteiger partial charge in [0, 0.05) is 11.9 Å². The van der Waals surface area contributed by atoms with Gasteiger partial charge in [-0.1, -0.05) is 6.07 Å². The zero-order valence-corrected chi connectivity index (χ0v) is 10.8. The molecule has 0 radical (unpaired) electrons. The largest absolute Gasteiger partial charge is 0.392 e. The molecule has 5 nitrogen and oxygen atoms in total. The molecular weight excluding hydrogens is 252 g/mol. The quantitative estimate of drug-likeness (QED) is 0.829. The van der Waals surface area contributed by atoms with Crippen LogP contribution in [0.25, 0.3) is 0 Å². The number of carbonyl (C=O) groups excluding carboxylic acids is 2. The number of hydrogen-bond acceptors (Lipinski definition) is 4. The average molecular weight is 266 g/mol. The summed E-state index contributed by atoms with van der Waals surface area (Å²) in [7, 11) is 1.54. The maximum absolute atomic E-state index is 11.9. The normalized spacial score (nSPS) is 14.3. The van der Waals surface area contributed by atoms with Crippen molar-refractivity contribution in [3.63, 3.8) is 0 Å². The third-order valence-electron chi connectivity index (χ3n) is 2.73. The van der Waals surface area contributed by atoms with Gasteiger partial charge in [0.1, 0.15) is 6.54 Å². The summed E-state index contributed by atoms with van der Waals surface area (Å²) in [5.74, 6) is 0.0319. The topological polar surface area (TPSA) is 69.6 Å². The van der Waals surface area contributed by atoms with Crippen LogP contribution in [-0.4, -0.2) is 36.3 Å². The molecule has 0 aromatic heterocycles. The predicted octanol–water partition coefficient (Wildman–Crippen LogP) is 0.364. The monoisotopic (exact) mass is 266 g/mol. The van der Waals surface area contributed by atoms with Crippen LogP contribution in [0.2, 0.25) is 0 Å². The molecule has 0 atom stereocenters. The summed E-state index contributed by atoms with van der Waals surface area (Å²) in [5, 5.41) is 11.6. The van der Waals surface area contributed by atoms with Crippen molar-refractivity contribution in [3.8, 4) is 0 Å². The Balaban J connectivity index is 2.35. The number of rotatable bonds is 3. The first-order valence-corrected chi connectivity index (χ1v) is 6.52. The van der Waals surface area contributed by atoms with Crippen molar-refractivity contribution >= 4 is 29.3 Å².